The highest BCUT2D eigenvalue weighted by Crippen LogP contribution is 2.35. The zero-order chi connectivity index (χ0) is 19.5. The number of benzene rings is 2. The fraction of sp³-hybridized carbons (Fsp3) is 0.190. The van der Waals surface area contributed by atoms with Crippen LogP contribution in [0.5, 0.6) is 5.75 Å². The summed E-state index contributed by atoms with van der Waals surface area (Å²) < 4.78 is 7.09. The molecule has 0 radical (unpaired) electrons. The molecule has 1 aliphatic heterocycles. The van der Waals surface area contributed by atoms with Crippen molar-refractivity contribution < 1.29 is 9.53 Å². The molecule has 2 N–H and O–H groups in total. The van der Waals surface area contributed by atoms with E-state index >= 15 is 0 Å². The van der Waals surface area contributed by atoms with Gasteiger partial charge in [0.15, 0.2) is 0 Å². The maximum atomic E-state index is 13.1. The van der Waals surface area contributed by atoms with Gasteiger partial charge in [-0.05, 0) is 30.2 Å². The minimum Gasteiger partial charge on any atom is -0.497 e. The standard InChI is InChI=1S/C21H21N5O2/c1-14-18(20(27)22-12-15-7-4-3-5-8-15)19(26-21(25-14)23-13-24-26)16-9-6-10-17(11-16)28-2/h3-11,13,19H,12H2,1-2H3,(H,22,27)(H,23,24,25)/t19-/m1/s1. The lowest BCUT2D eigenvalue weighted by Gasteiger charge is -2.29. The SMILES string of the molecule is COc1cccc([C@@H]2C(C(=O)NCc3ccccc3)=C(C)Nc3ncnn32)c1. The average molecular weight is 375 g/mol. The van der Waals surface area contributed by atoms with Crippen LogP contribution in [0.4, 0.5) is 5.95 Å². The number of methoxy groups -OCH3 is 1. The van der Waals surface area contributed by atoms with Crippen molar-refractivity contribution in [3.05, 3.63) is 83.3 Å². The van der Waals surface area contributed by atoms with Crippen molar-refractivity contribution in [3.63, 3.8) is 0 Å². The van der Waals surface area contributed by atoms with Gasteiger partial charge in [-0.3, -0.25) is 4.79 Å². The van der Waals surface area contributed by atoms with E-state index in [-0.39, 0.29) is 5.91 Å². The van der Waals surface area contributed by atoms with E-state index in [1.165, 1.54) is 6.33 Å². The van der Waals surface area contributed by atoms with Gasteiger partial charge in [-0.1, -0.05) is 42.5 Å². The fourth-order valence-corrected chi connectivity index (χ4v) is 3.38. The molecule has 7 nitrogen and oxygen atoms in total. The van der Waals surface area contributed by atoms with Crippen molar-refractivity contribution in [2.75, 3.05) is 12.4 Å². The number of carbonyl (C=O) groups is 1. The number of hydrogen-bond acceptors (Lipinski definition) is 5. The first-order chi connectivity index (χ1) is 13.7. The molecule has 0 bridgehead atoms. The molecule has 0 unspecified atom stereocenters. The van der Waals surface area contributed by atoms with Gasteiger partial charge in [-0.15, -0.1) is 0 Å². The van der Waals surface area contributed by atoms with Crippen LogP contribution in [-0.2, 0) is 11.3 Å². The monoisotopic (exact) mass is 375 g/mol. The summed E-state index contributed by atoms with van der Waals surface area (Å²) in [6.07, 6.45) is 1.48. The van der Waals surface area contributed by atoms with Gasteiger partial charge in [-0.2, -0.15) is 10.1 Å². The van der Waals surface area contributed by atoms with Gasteiger partial charge in [-0.25, -0.2) is 4.68 Å². The minimum atomic E-state index is -0.398. The summed E-state index contributed by atoms with van der Waals surface area (Å²) in [5.41, 5.74) is 3.29. The smallest absolute Gasteiger partial charge is 0.251 e. The summed E-state index contributed by atoms with van der Waals surface area (Å²) in [6.45, 7) is 2.33. The first-order valence-electron chi connectivity index (χ1n) is 9.00. The summed E-state index contributed by atoms with van der Waals surface area (Å²) in [5, 5.41) is 10.5. The predicted molar refractivity (Wildman–Crippen MR) is 106 cm³/mol. The van der Waals surface area contributed by atoms with E-state index < -0.39 is 6.04 Å². The minimum absolute atomic E-state index is 0.150. The average Bonchev–Trinajstić information content (AvgIpc) is 3.19. The molecule has 1 amide bonds. The molecule has 0 aliphatic carbocycles. The van der Waals surface area contributed by atoms with Crippen LogP contribution in [-0.4, -0.2) is 27.8 Å². The van der Waals surface area contributed by atoms with Crippen LogP contribution >= 0.6 is 0 Å². The van der Waals surface area contributed by atoms with Crippen LogP contribution in [0.15, 0.2) is 72.2 Å². The Hall–Kier alpha value is -3.61. The quantitative estimate of drug-likeness (QED) is 0.717. The second-order valence-electron chi connectivity index (χ2n) is 6.54. The molecule has 1 atom stereocenters. The van der Waals surface area contributed by atoms with Gasteiger partial charge in [0.2, 0.25) is 5.95 Å². The molecule has 0 fully saturated rings. The Bertz CT molecular complexity index is 1030. The van der Waals surface area contributed by atoms with Gasteiger partial charge in [0.05, 0.1) is 12.7 Å². The molecular weight excluding hydrogens is 354 g/mol. The van der Waals surface area contributed by atoms with Crippen molar-refractivity contribution in [1.29, 1.82) is 0 Å². The molecule has 142 valence electrons. The molecule has 1 aliphatic rings. The predicted octanol–water partition coefficient (Wildman–Crippen LogP) is 2.89. The van der Waals surface area contributed by atoms with Gasteiger partial charge in [0.1, 0.15) is 18.1 Å². The summed E-state index contributed by atoms with van der Waals surface area (Å²) in [6, 6.07) is 17.1. The molecule has 28 heavy (non-hydrogen) atoms. The van der Waals surface area contributed by atoms with Crippen molar-refractivity contribution in [3.8, 4) is 5.75 Å². The number of anilines is 1. The van der Waals surface area contributed by atoms with Crippen LogP contribution in [0.1, 0.15) is 24.1 Å². The Balaban J connectivity index is 1.69. The number of rotatable bonds is 5. The Morgan fingerprint density at radius 1 is 1.21 bits per heavy atom. The molecule has 2 heterocycles. The van der Waals surface area contributed by atoms with E-state index in [0.717, 1.165) is 22.6 Å². The highest BCUT2D eigenvalue weighted by atomic mass is 16.5. The molecule has 0 spiro atoms. The van der Waals surface area contributed by atoms with Gasteiger partial charge in [0.25, 0.3) is 5.91 Å². The zero-order valence-electron chi connectivity index (χ0n) is 15.7. The second kappa shape index (κ2) is 7.56. The third-order valence-electron chi connectivity index (χ3n) is 4.74. The van der Waals surface area contributed by atoms with E-state index in [9.17, 15) is 4.79 Å². The topological polar surface area (TPSA) is 81.1 Å². The molecule has 3 aromatic rings. The molecule has 0 saturated heterocycles. The Labute approximate surface area is 163 Å². The Morgan fingerprint density at radius 3 is 2.82 bits per heavy atom. The lowest BCUT2D eigenvalue weighted by atomic mass is 9.95. The number of amides is 1. The third kappa shape index (κ3) is 3.34. The van der Waals surface area contributed by atoms with Crippen molar-refractivity contribution in [2.45, 2.75) is 19.5 Å². The summed E-state index contributed by atoms with van der Waals surface area (Å²) in [5.74, 6) is 1.17. The van der Waals surface area contributed by atoms with Crippen LogP contribution in [0.3, 0.4) is 0 Å². The number of aromatic nitrogens is 3. The van der Waals surface area contributed by atoms with Gasteiger partial charge >= 0.3 is 0 Å². The number of allylic oxidation sites excluding steroid dienone is 1. The molecule has 7 heteroatoms. The van der Waals surface area contributed by atoms with Crippen LogP contribution in [0.2, 0.25) is 0 Å². The molecule has 4 rings (SSSR count). The van der Waals surface area contributed by atoms with Crippen molar-refractivity contribution in [1.82, 2.24) is 20.1 Å². The molecule has 1 aromatic heterocycles. The van der Waals surface area contributed by atoms with Gasteiger partial charge in [0, 0.05) is 12.2 Å². The fourth-order valence-electron chi connectivity index (χ4n) is 3.38. The van der Waals surface area contributed by atoms with Crippen molar-refractivity contribution >= 4 is 11.9 Å². The van der Waals surface area contributed by atoms with E-state index in [4.69, 9.17) is 4.74 Å². The maximum absolute atomic E-state index is 13.1. The Kier molecular flexibility index (Phi) is 4.80. The Morgan fingerprint density at radius 2 is 2.04 bits per heavy atom. The molecule has 2 aromatic carbocycles. The summed E-state index contributed by atoms with van der Waals surface area (Å²) in [4.78, 5) is 17.4. The number of hydrogen-bond donors (Lipinski definition) is 2. The number of nitrogens with zero attached hydrogens (tertiary/aromatic N) is 3. The van der Waals surface area contributed by atoms with E-state index in [1.807, 2.05) is 61.5 Å². The first kappa shape index (κ1) is 17.8. The molecule has 0 saturated carbocycles. The van der Waals surface area contributed by atoms with Crippen LogP contribution in [0.25, 0.3) is 0 Å². The highest BCUT2D eigenvalue weighted by Gasteiger charge is 2.33. The number of ether oxygens (including phenoxy) is 1. The second-order valence-corrected chi connectivity index (χ2v) is 6.54. The lowest BCUT2D eigenvalue weighted by molar-refractivity contribution is -0.118. The summed E-state index contributed by atoms with van der Waals surface area (Å²) in [7, 11) is 1.62. The van der Waals surface area contributed by atoms with Crippen molar-refractivity contribution in [2.24, 2.45) is 0 Å². The first-order valence-corrected chi connectivity index (χ1v) is 9.00. The van der Waals surface area contributed by atoms with Crippen LogP contribution < -0.4 is 15.4 Å². The van der Waals surface area contributed by atoms with E-state index in [1.54, 1.807) is 11.8 Å². The summed E-state index contributed by atoms with van der Waals surface area (Å²) >= 11 is 0. The largest absolute Gasteiger partial charge is 0.497 e. The lowest BCUT2D eigenvalue weighted by Crippen LogP contribution is -2.34. The number of carbonyl (C=O) groups excluding carboxylic acids is 1. The number of nitrogens with one attached hydrogen (secondary N) is 2. The zero-order valence-corrected chi connectivity index (χ0v) is 15.7. The maximum Gasteiger partial charge on any atom is 0.251 e. The van der Waals surface area contributed by atoms with E-state index in [0.29, 0.717) is 18.1 Å². The highest BCUT2D eigenvalue weighted by molar-refractivity contribution is 5.96. The normalized spacial score (nSPS) is 15.6. The van der Waals surface area contributed by atoms with Gasteiger partial charge < -0.3 is 15.4 Å². The van der Waals surface area contributed by atoms with E-state index in [2.05, 4.69) is 20.7 Å². The van der Waals surface area contributed by atoms with Crippen LogP contribution in [0, 0.1) is 0 Å². The third-order valence-corrected chi connectivity index (χ3v) is 4.74. The molecular formula is C21H21N5O2. The number of fused-ring (bicyclic) bond motifs is 1.